The Kier molecular flexibility index (Phi) is 7.81. The lowest BCUT2D eigenvalue weighted by molar-refractivity contribution is -0.124. The smallest absolute Gasteiger partial charge is 0.413 e. The van der Waals surface area contributed by atoms with E-state index in [1.807, 2.05) is 37.4 Å². The zero-order valence-corrected chi connectivity index (χ0v) is 15.7. The van der Waals surface area contributed by atoms with Crippen molar-refractivity contribution >= 4 is 28.8 Å². The molecule has 3 amide bonds. The van der Waals surface area contributed by atoms with Gasteiger partial charge in [0.15, 0.2) is 0 Å². The molecule has 0 aliphatic heterocycles. The predicted molar refractivity (Wildman–Crippen MR) is 102 cm³/mol. The molecule has 3 N–H and O–H groups in total. The van der Waals surface area contributed by atoms with Gasteiger partial charge in [-0.05, 0) is 31.5 Å². The van der Waals surface area contributed by atoms with Crippen LogP contribution in [0.5, 0.6) is 0 Å². The topological polar surface area (TPSA) is 104 Å². The second kappa shape index (κ2) is 10.3. The summed E-state index contributed by atoms with van der Waals surface area (Å²) >= 11 is 0. The lowest BCUT2D eigenvalue weighted by Crippen LogP contribution is -2.44. The van der Waals surface area contributed by atoms with Crippen molar-refractivity contribution < 1.29 is 19.1 Å². The van der Waals surface area contributed by atoms with Gasteiger partial charge in [0.2, 0.25) is 11.8 Å². The van der Waals surface area contributed by atoms with Crippen molar-refractivity contribution in [2.75, 3.05) is 32.8 Å². The molecule has 0 spiro atoms. The third-order valence-electron chi connectivity index (χ3n) is 4.09. The molecule has 0 bridgehead atoms. The highest BCUT2D eigenvalue weighted by Crippen LogP contribution is 2.17. The molecule has 0 unspecified atom stereocenters. The first-order valence-corrected chi connectivity index (χ1v) is 9.04. The SMILES string of the molecule is CCOC(=O)NC(=O)CN(CC)CC(=O)NCCc1c[nH]c2ccccc12. The van der Waals surface area contributed by atoms with Crippen molar-refractivity contribution in [1.29, 1.82) is 0 Å². The molecule has 2 rings (SSSR count). The van der Waals surface area contributed by atoms with Crippen molar-refractivity contribution in [3.05, 3.63) is 36.0 Å². The van der Waals surface area contributed by atoms with Gasteiger partial charge in [-0.15, -0.1) is 0 Å². The number of aromatic nitrogens is 1. The van der Waals surface area contributed by atoms with Gasteiger partial charge in [-0.25, -0.2) is 4.79 Å². The van der Waals surface area contributed by atoms with Crippen LogP contribution in [0.25, 0.3) is 10.9 Å². The minimum atomic E-state index is -0.776. The summed E-state index contributed by atoms with van der Waals surface area (Å²) in [4.78, 5) is 40.0. The zero-order chi connectivity index (χ0) is 19.6. The van der Waals surface area contributed by atoms with E-state index in [0.717, 1.165) is 16.5 Å². The second-order valence-corrected chi connectivity index (χ2v) is 6.03. The number of nitrogens with one attached hydrogen (secondary N) is 3. The summed E-state index contributed by atoms with van der Waals surface area (Å²) in [7, 11) is 0. The average Bonchev–Trinajstić information content (AvgIpc) is 3.04. The standard InChI is InChI=1S/C19H26N4O4/c1-3-23(13-18(25)22-19(26)27-4-2)12-17(24)20-10-9-14-11-21-16-8-6-5-7-15(14)16/h5-8,11,21H,3-4,9-10,12-13H2,1-2H3,(H,20,24)(H,22,25,26). The van der Waals surface area contributed by atoms with E-state index in [1.54, 1.807) is 11.8 Å². The van der Waals surface area contributed by atoms with Gasteiger partial charge in [-0.2, -0.15) is 0 Å². The number of hydrogen-bond acceptors (Lipinski definition) is 5. The molecule has 1 aromatic carbocycles. The van der Waals surface area contributed by atoms with Crippen molar-refractivity contribution in [2.45, 2.75) is 20.3 Å². The summed E-state index contributed by atoms with van der Waals surface area (Å²) in [6.07, 6.45) is 1.89. The Hall–Kier alpha value is -2.87. The van der Waals surface area contributed by atoms with Gasteiger partial charge in [0, 0.05) is 23.6 Å². The first kappa shape index (κ1) is 20.4. The third kappa shape index (κ3) is 6.41. The number of hydrogen-bond donors (Lipinski definition) is 3. The average molecular weight is 374 g/mol. The van der Waals surface area contributed by atoms with Gasteiger partial charge in [0.1, 0.15) is 0 Å². The van der Waals surface area contributed by atoms with Crippen LogP contribution in [0.3, 0.4) is 0 Å². The zero-order valence-electron chi connectivity index (χ0n) is 15.7. The number of ether oxygens (including phenoxy) is 1. The minimum Gasteiger partial charge on any atom is -0.450 e. The molecule has 8 heteroatoms. The maximum Gasteiger partial charge on any atom is 0.413 e. The number of aromatic amines is 1. The van der Waals surface area contributed by atoms with Crippen molar-refractivity contribution in [3.63, 3.8) is 0 Å². The van der Waals surface area contributed by atoms with Gasteiger partial charge in [-0.3, -0.25) is 19.8 Å². The number of likely N-dealkylation sites (N-methyl/N-ethyl adjacent to an activating group) is 1. The van der Waals surface area contributed by atoms with Crippen LogP contribution in [0.15, 0.2) is 30.5 Å². The molecule has 1 aromatic heterocycles. The number of rotatable bonds is 9. The maximum absolute atomic E-state index is 12.1. The Bertz CT molecular complexity index is 787. The van der Waals surface area contributed by atoms with Gasteiger partial charge in [-0.1, -0.05) is 25.1 Å². The molecular formula is C19H26N4O4. The van der Waals surface area contributed by atoms with Gasteiger partial charge in [0.25, 0.3) is 0 Å². The fourth-order valence-electron chi connectivity index (χ4n) is 2.74. The van der Waals surface area contributed by atoms with E-state index in [9.17, 15) is 14.4 Å². The van der Waals surface area contributed by atoms with Crippen LogP contribution < -0.4 is 10.6 Å². The summed E-state index contributed by atoms with van der Waals surface area (Å²) in [6, 6.07) is 8.02. The van der Waals surface area contributed by atoms with E-state index in [-0.39, 0.29) is 25.6 Å². The molecule has 8 nitrogen and oxygen atoms in total. The highest BCUT2D eigenvalue weighted by atomic mass is 16.5. The first-order chi connectivity index (χ1) is 13.0. The van der Waals surface area contributed by atoms with Crippen molar-refractivity contribution in [3.8, 4) is 0 Å². The van der Waals surface area contributed by atoms with Crippen molar-refractivity contribution in [1.82, 2.24) is 20.5 Å². The molecule has 2 aromatic rings. The lowest BCUT2D eigenvalue weighted by atomic mass is 10.1. The highest BCUT2D eigenvalue weighted by Gasteiger charge is 2.15. The van der Waals surface area contributed by atoms with Gasteiger partial charge < -0.3 is 15.0 Å². The molecule has 0 aliphatic rings. The van der Waals surface area contributed by atoms with Crippen LogP contribution in [-0.2, 0) is 20.7 Å². The van der Waals surface area contributed by atoms with E-state index in [0.29, 0.717) is 19.5 Å². The summed E-state index contributed by atoms with van der Waals surface area (Å²) in [5, 5.41) is 6.14. The number of carbonyl (C=O) groups excluding carboxylic acids is 3. The number of fused-ring (bicyclic) bond motifs is 1. The molecule has 146 valence electrons. The van der Waals surface area contributed by atoms with E-state index in [4.69, 9.17) is 0 Å². The summed E-state index contributed by atoms with van der Waals surface area (Å²) in [6.45, 7) is 4.74. The quantitative estimate of drug-likeness (QED) is 0.616. The molecular weight excluding hydrogens is 348 g/mol. The lowest BCUT2D eigenvalue weighted by Gasteiger charge is -2.19. The summed E-state index contributed by atoms with van der Waals surface area (Å²) < 4.78 is 4.66. The van der Waals surface area contributed by atoms with E-state index in [1.165, 1.54) is 0 Å². The molecule has 27 heavy (non-hydrogen) atoms. The number of amides is 3. The van der Waals surface area contributed by atoms with Crippen molar-refractivity contribution in [2.24, 2.45) is 0 Å². The number of nitrogens with zero attached hydrogens (tertiary/aromatic N) is 1. The van der Waals surface area contributed by atoms with Crippen LogP contribution in [0.4, 0.5) is 4.79 Å². The first-order valence-electron chi connectivity index (χ1n) is 9.04. The summed E-state index contributed by atoms with van der Waals surface area (Å²) in [5.74, 6) is -0.664. The van der Waals surface area contributed by atoms with Crippen LogP contribution in [0, 0.1) is 0 Å². The van der Waals surface area contributed by atoms with Gasteiger partial charge >= 0.3 is 6.09 Å². The monoisotopic (exact) mass is 374 g/mol. The molecule has 0 fully saturated rings. The predicted octanol–water partition coefficient (Wildman–Crippen LogP) is 1.42. The molecule has 0 aliphatic carbocycles. The Morgan fingerprint density at radius 1 is 1.11 bits per heavy atom. The Morgan fingerprint density at radius 2 is 1.85 bits per heavy atom. The largest absolute Gasteiger partial charge is 0.450 e. The van der Waals surface area contributed by atoms with Crippen LogP contribution >= 0.6 is 0 Å². The third-order valence-corrected chi connectivity index (χ3v) is 4.09. The van der Waals surface area contributed by atoms with Gasteiger partial charge in [0.05, 0.1) is 19.7 Å². The Balaban J connectivity index is 1.74. The van der Waals surface area contributed by atoms with E-state index in [2.05, 4.69) is 20.4 Å². The Labute approximate surface area is 158 Å². The number of para-hydroxylation sites is 1. The van der Waals surface area contributed by atoms with E-state index < -0.39 is 12.0 Å². The summed E-state index contributed by atoms with van der Waals surface area (Å²) in [5.41, 5.74) is 2.22. The molecule has 0 radical (unpaired) electrons. The molecule has 0 saturated heterocycles. The minimum absolute atomic E-state index is 0.0504. The van der Waals surface area contributed by atoms with Crippen LogP contribution in [0.1, 0.15) is 19.4 Å². The second-order valence-electron chi connectivity index (χ2n) is 6.03. The maximum atomic E-state index is 12.1. The highest BCUT2D eigenvalue weighted by molar-refractivity contribution is 5.93. The van der Waals surface area contributed by atoms with Crippen LogP contribution in [-0.4, -0.2) is 60.6 Å². The van der Waals surface area contributed by atoms with E-state index >= 15 is 0 Å². The normalized spacial score (nSPS) is 10.8. The number of benzene rings is 1. The number of imide groups is 1. The fourth-order valence-corrected chi connectivity index (χ4v) is 2.74. The molecule has 0 saturated carbocycles. The van der Waals surface area contributed by atoms with Crippen LogP contribution in [0.2, 0.25) is 0 Å². The molecule has 1 heterocycles. The number of H-pyrrole nitrogens is 1. The Morgan fingerprint density at radius 3 is 2.59 bits per heavy atom. The number of carbonyl (C=O) groups is 3. The molecule has 0 atom stereocenters. The number of alkyl carbamates (subject to hydrolysis) is 1. The fraction of sp³-hybridized carbons (Fsp3) is 0.421.